The first-order valence-electron chi connectivity index (χ1n) is 4.81. The summed E-state index contributed by atoms with van der Waals surface area (Å²) in [6, 6.07) is 7.48. The lowest BCUT2D eigenvalue weighted by Gasteiger charge is -2.12. The van der Waals surface area contributed by atoms with Gasteiger partial charge in [-0.1, -0.05) is 11.6 Å². The van der Waals surface area contributed by atoms with Crippen molar-refractivity contribution in [2.75, 3.05) is 14.2 Å². The summed E-state index contributed by atoms with van der Waals surface area (Å²) in [6.07, 6.45) is 3.87. The highest BCUT2D eigenvalue weighted by molar-refractivity contribution is 6.32. The molecule has 0 saturated carbocycles. The van der Waals surface area contributed by atoms with Gasteiger partial charge in [-0.3, -0.25) is 0 Å². The number of halogens is 1. The number of aromatic nitrogens is 1. The molecule has 0 aliphatic rings. The highest BCUT2D eigenvalue weighted by atomic mass is 35.5. The molecule has 0 spiro atoms. The Labute approximate surface area is 99.2 Å². The van der Waals surface area contributed by atoms with Crippen LogP contribution in [0.5, 0.6) is 11.5 Å². The van der Waals surface area contributed by atoms with Crippen LogP contribution in [0.4, 0.5) is 0 Å². The average molecular weight is 238 g/mol. The monoisotopic (exact) mass is 237 g/mol. The molecule has 0 fully saturated rings. The summed E-state index contributed by atoms with van der Waals surface area (Å²) in [7, 11) is 3.21. The van der Waals surface area contributed by atoms with E-state index in [4.69, 9.17) is 21.1 Å². The van der Waals surface area contributed by atoms with Gasteiger partial charge in [-0.15, -0.1) is 0 Å². The normalized spacial score (nSPS) is 10.2. The molecule has 0 amide bonds. The number of hydrogen-bond acceptors (Lipinski definition) is 2. The predicted molar refractivity (Wildman–Crippen MR) is 63.9 cm³/mol. The summed E-state index contributed by atoms with van der Waals surface area (Å²) >= 11 is 6.03. The highest BCUT2D eigenvalue weighted by Crippen LogP contribution is 2.34. The fourth-order valence-corrected chi connectivity index (χ4v) is 1.77. The largest absolute Gasteiger partial charge is 0.495 e. The van der Waals surface area contributed by atoms with Gasteiger partial charge in [-0.2, -0.15) is 0 Å². The number of methoxy groups -OCH3 is 2. The Balaban J connectivity index is 2.58. The fraction of sp³-hybridized carbons (Fsp3) is 0.167. The van der Waals surface area contributed by atoms with Crippen LogP contribution in [0.3, 0.4) is 0 Å². The number of ether oxygens (including phenoxy) is 2. The van der Waals surface area contributed by atoms with Crippen LogP contribution in [0.2, 0.25) is 5.02 Å². The Morgan fingerprint density at radius 2 is 1.62 bits per heavy atom. The molecule has 2 rings (SSSR count). The third-order valence-corrected chi connectivity index (χ3v) is 2.63. The second-order valence-corrected chi connectivity index (χ2v) is 3.66. The summed E-state index contributed by atoms with van der Waals surface area (Å²) in [4.78, 5) is 0. The first-order chi connectivity index (χ1) is 7.76. The average Bonchev–Trinajstić information content (AvgIpc) is 2.82. The molecule has 4 heteroatoms. The number of hydrogen-bond donors (Lipinski definition) is 0. The second-order valence-electron chi connectivity index (χ2n) is 3.25. The van der Waals surface area contributed by atoms with Crippen molar-refractivity contribution >= 4 is 11.6 Å². The molecule has 1 heterocycles. The van der Waals surface area contributed by atoms with Crippen molar-refractivity contribution in [1.82, 2.24) is 4.57 Å². The Morgan fingerprint density at radius 1 is 1.00 bits per heavy atom. The molecule has 0 N–H and O–H groups in total. The fourth-order valence-electron chi connectivity index (χ4n) is 1.54. The minimum Gasteiger partial charge on any atom is -0.495 e. The van der Waals surface area contributed by atoms with Gasteiger partial charge in [-0.25, -0.2) is 0 Å². The van der Waals surface area contributed by atoms with Crippen LogP contribution >= 0.6 is 11.6 Å². The Morgan fingerprint density at radius 3 is 2.19 bits per heavy atom. The number of rotatable bonds is 3. The van der Waals surface area contributed by atoms with Crippen LogP contribution < -0.4 is 9.47 Å². The molecule has 1 aromatic heterocycles. The standard InChI is InChI=1S/C12H12ClNO2/c1-15-11-8-10(14-5-3-4-6-14)12(16-2)7-9(11)13/h3-8H,1-2H3. The molecule has 0 bridgehead atoms. The zero-order valence-corrected chi connectivity index (χ0v) is 9.86. The van der Waals surface area contributed by atoms with Gasteiger partial charge in [0.25, 0.3) is 0 Å². The molecule has 0 unspecified atom stereocenters. The molecule has 1 aromatic carbocycles. The summed E-state index contributed by atoms with van der Waals surface area (Å²) in [5, 5.41) is 0.537. The minimum absolute atomic E-state index is 0.537. The van der Waals surface area contributed by atoms with E-state index in [1.54, 1.807) is 20.3 Å². The van der Waals surface area contributed by atoms with Crippen LogP contribution in [0.25, 0.3) is 5.69 Å². The maximum Gasteiger partial charge on any atom is 0.144 e. The molecular weight excluding hydrogens is 226 g/mol. The molecule has 16 heavy (non-hydrogen) atoms. The van der Waals surface area contributed by atoms with Gasteiger partial charge in [0.1, 0.15) is 11.5 Å². The SMILES string of the molecule is COc1cc(-n2cccc2)c(OC)cc1Cl. The molecule has 3 nitrogen and oxygen atoms in total. The van der Waals surface area contributed by atoms with Gasteiger partial charge in [0.05, 0.1) is 24.9 Å². The van der Waals surface area contributed by atoms with Crippen molar-refractivity contribution in [1.29, 1.82) is 0 Å². The van der Waals surface area contributed by atoms with Gasteiger partial charge in [-0.05, 0) is 12.1 Å². The van der Waals surface area contributed by atoms with Gasteiger partial charge >= 0.3 is 0 Å². The smallest absolute Gasteiger partial charge is 0.144 e. The highest BCUT2D eigenvalue weighted by Gasteiger charge is 2.10. The molecule has 84 valence electrons. The van der Waals surface area contributed by atoms with Crippen LogP contribution in [-0.4, -0.2) is 18.8 Å². The topological polar surface area (TPSA) is 23.4 Å². The molecule has 0 radical (unpaired) electrons. The van der Waals surface area contributed by atoms with E-state index < -0.39 is 0 Å². The number of benzene rings is 1. The van der Waals surface area contributed by atoms with Crippen molar-refractivity contribution in [3.63, 3.8) is 0 Å². The maximum absolute atomic E-state index is 6.03. The first-order valence-corrected chi connectivity index (χ1v) is 5.19. The van der Waals surface area contributed by atoms with E-state index in [9.17, 15) is 0 Å². The Bertz CT molecular complexity index is 480. The van der Waals surface area contributed by atoms with Crippen molar-refractivity contribution < 1.29 is 9.47 Å². The summed E-state index contributed by atoms with van der Waals surface area (Å²) in [6.45, 7) is 0. The van der Waals surface area contributed by atoms with E-state index in [0.717, 1.165) is 5.69 Å². The van der Waals surface area contributed by atoms with Crippen molar-refractivity contribution in [2.24, 2.45) is 0 Å². The molecule has 2 aromatic rings. The predicted octanol–water partition coefficient (Wildman–Crippen LogP) is 3.15. The van der Waals surface area contributed by atoms with Crippen LogP contribution in [-0.2, 0) is 0 Å². The molecular formula is C12H12ClNO2. The summed E-state index contributed by atoms with van der Waals surface area (Å²) < 4.78 is 12.4. The summed E-state index contributed by atoms with van der Waals surface area (Å²) in [5.41, 5.74) is 0.897. The Hall–Kier alpha value is -1.61. The molecule has 0 atom stereocenters. The van der Waals surface area contributed by atoms with Crippen LogP contribution in [0.15, 0.2) is 36.7 Å². The van der Waals surface area contributed by atoms with E-state index in [0.29, 0.717) is 16.5 Å². The van der Waals surface area contributed by atoms with E-state index in [2.05, 4.69) is 0 Å². The zero-order valence-electron chi connectivity index (χ0n) is 9.11. The molecule has 0 aliphatic heterocycles. The van der Waals surface area contributed by atoms with Crippen LogP contribution in [0.1, 0.15) is 0 Å². The van der Waals surface area contributed by atoms with Gasteiger partial charge in [0, 0.05) is 24.5 Å². The maximum atomic E-state index is 6.03. The third kappa shape index (κ3) is 1.86. The lowest BCUT2D eigenvalue weighted by atomic mass is 10.2. The second kappa shape index (κ2) is 4.49. The van der Waals surface area contributed by atoms with E-state index in [1.807, 2.05) is 35.2 Å². The van der Waals surface area contributed by atoms with Gasteiger partial charge < -0.3 is 14.0 Å². The van der Waals surface area contributed by atoms with Crippen molar-refractivity contribution in [2.45, 2.75) is 0 Å². The van der Waals surface area contributed by atoms with Crippen LogP contribution in [0, 0.1) is 0 Å². The zero-order chi connectivity index (χ0) is 11.5. The Kier molecular flexibility index (Phi) is 3.06. The van der Waals surface area contributed by atoms with Gasteiger partial charge in [0.2, 0.25) is 0 Å². The molecule has 0 aliphatic carbocycles. The third-order valence-electron chi connectivity index (χ3n) is 2.34. The summed E-state index contributed by atoms with van der Waals surface area (Å²) in [5.74, 6) is 1.34. The number of nitrogens with zero attached hydrogens (tertiary/aromatic N) is 1. The van der Waals surface area contributed by atoms with Gasteiger partial charge in [0.15, 0.2) is 0 Å². The van der Waals surface area contributed by atoms with Crippen molar-refractivity contribution in [3.05, 3.63) is 41.7 Å². The van der Waals surface area contributed by atoms with E-state index >= 15 is 0 Å². The first kappa shape index (κ1) is 10.9. The lowest BCUT2D eigenvalue weighted by molar-refractivity contribution is 0.402. The minimum atomic E-state index is 0.537. The molecule has 0 saturated heterocycles. The quantitative estimate of drug-likeness (QED) is 0.819. The van der Waals surface area contributed by atoms with E-state index in [-0.39, 0.29) is 0 Å². The lowest BCUT2D eigenvalue weighted by Crippen LogP contribution is -1.97. The van der Waals surface area contributed by atoms with E-state index in [1.165, 1.54) is 0 Å². The van der Waals surface area contributed by atoms with Crippen molar-refractivity contribution in [3.8, 4) is 17.2 Å².